The largest absolute Gasteiger partial charge is 1.00 e. The second-order valence-electron chi connectivity index (χ2n) is 1.29. The monoisotopic (exact) mass is 458 g/mol. The predicted molar refractivity (Wildman–Crippen MR) is 71.5 cm³/mol. The van der Waals surface area contributed by atoms with Crippen molar-refractivity contribution >= 4 is 69.3 Å². The van der Waals surface area contributed by atoms with E-state index in [1.165, 1.54) is 6.38 Å². The molecule has 0 saturated heterocycles. The third-order valence-corrected chi connectivity index (χ3v) is 1.10. The van der Waals surface area contributed by atoms with E-state index < -0.39 is 35.1 Å². The molecule has 0 aliphatic heterocycles. The third kappa shape index (κ3) is 92.2. The molecule has 0 saturated carbocycles. The molecule has 2 nitrogen and oxygen atoms in total. The van der Waals surface area contributed by atoms with Crippen LogP contribution in [0.5, 0.6) is 0 Å². The van der Waals surface area contributed by atoms with Crippen LogP contribution < -0.4 is 9.41 Å². The van der Waals surface area contributed by atoms with Crippen molar-refractivity contribution in [2.75, 3.05) is 13.5 Å². The number of hydrogen-bond acceptors (Lipinski definition) is 4. The van der Waals surface area contributed by atoms with Gasteiger partial charge in [0.15, 0.2) is 0 Å². The van der Waals surface area contributed by atoms with E-state index in [0.717, 1.165) is 7.11 Å². The molecule has 0 spiro atoms. The van der Waals surface area contributed by atoms with E-state index in [1.807, 2.05) is 0 Å². The molecule has 140 valence electrons. The molecule has 0 aromatic carbocycles. The van der Waals surface area contributed by atoms with E-state index in [-0.39, 0.29) is 16.8 Å². The highest BCUT2D eigenvalue weighted by Crippen LogP contribution is 2.31. The van der Waals surface area contributed by atoms with Gasteiger partial charge in [0.25, 0.3) is 0 Å². The Morgan fingerprint density at radius 3 is 1.05 bits per heavy atom. The van der Waals surface area contributed by atoms with Crippen molar-refractivity contribution in [2.24, 2.45) is 0 Å². The highest BCUT2D eigenvalue weighted by molar-refractivity contribution is 7.96. The summed E-state index contributed by atoms with van der Waals surface area (Å²) in [5, 5.41) is 0. The third-order valence-electron chi connectivity index (χ3n) is 0.304. The van der Waals surface area contributed by atoms with Crippen molar-refractivity contribution in [3.05, 3.63) is 0 Å². The maximum Gasteiger partial charge on any atom is 0.469 e. The highest BCUT2D eigenvalue weighted by Gasteiger charge is 2.30. The zero-order valence-electron chi connectivity index (χ0n) is 9.17. The summed E-state index contributed by atoms with van der Waals surface area (Å²) in [6.45, 7) is 0. The van der Waals surface area contributed by atoms with Crippen LogP contribution in [0.2, 0.25) is 0 Å². The smallest absolute Gasteiger partial charge is 0.469 e. The van der Waals surface area contributed by atoms with Crippen molar-refractivity contribution in [1.29, 1.82) is 0 Å². The Kier molecular flexibility index (Phi) is 60.2. The molecular weight excluding hydrogens is 450 g/mol. The summed E-state index contributed by atoms with van der Waals surface area (Å²) in [6, 6.07) is 0. The van der Waals surface area contributed by atoms with E-state index in [0.29, 0.717) is 0 Å². The molecule has 0 aromatic rings. The Balaban J connectivity index is -0.0000000269. The summed E-state index contributed by atoms with van der Waals surface area (Å²) in [4.78, 5) is 0. The standard InChI is InChI=1S/C2H3F3OS.CClF3OS.CH3Cl.CH4.Cl2.2FH/c1-6-7-2(3,4)5;2-6-7-1(3,4)5;1-2;;1-2;;/h1H3;;1H3;1H4;;2*1H/p-2. The Bertz CT molecular complexity index is 138. The van der Waals surface area contributed by atoms with Gasteiger partial charge in [-0.05, 0) is 0 Å². The van der Waals surface area contributed by atoms with Gasteiger partial charge in [0.2, 0.25) is 0 Å². The van der Waals surface area contributed by atoms with Crippen molar-refractivity contribution in [3.8, 4) is 0 Å². The number of halogens is 12. The van der Waals surface area contributed by atoms with Gasteiger partial charge in [0.1, 0.15) is 24.1 Å². The van der Waals surface area contributed by atoms with Gasteiger partial charge in [-0.1, -0.05) is 7.43 Å². The average molecular weight is 460 g/mol. The molecule has 16 heteroatoms. The lowest BCUT2D eigenvalue weighted by Crippen LogP contribution is -3.00. The van der Waals surface area contributed by atoms with Gasteiger partial charge in [0.05, 0.1) is 19.0 Å². The lowest BCUT2D eigenvalue weighted by atomic mass is 11.6. The molecule has 0 radical (unpaired) electrons. The van der Waals surface area contributed by atoms with Crippen LogP contribution in [0.1, 0.15) is 7.43 Å². The van der Waals surface area contributed by atoms with E-state index in [2.05, 4.69) is 53.1 Å². The first kappa shape index (κ1) is 43.2. The molecule has 21 heavy (non-hydrogen) atoms. The lowest BCUT2D eigenvalue weighted by Gasteiger charge is -1.98. The minimum Gasteiger partial charge on any atom is -1.00 e. The molecule has 0 atom stereocenters. The van der Waals surface area contributed by atoms with Crippen LogP contribution in [0.15, 0.2) is 0 Å². The lowest BCUT2D eigenvalue weighted by molar-refractivity contribution is -0.0389. The van der Waals surface area contributed by atoms with Crippen molar-refractivity contribution in [3.63, 3.8) is 0 Å². The van der Waals surface area contributed by atoms with E-state index >= 15 is 0 Å². The Labute approximate surface area is 145 Å². The first-order chi connectivity index (χ1) is 8.12. The Morgan fingerprint density at radius 2 is 1.05 bits per heavy atom. The minimum absolute atomic E-state index is 0. The van der Waals surface area contributed by atoms with Crippen molar-refractivity contribution in [2.45, 2.75) is 18.4 Å². The van der Waals surface area contributed by atoms with Gasteiger partial charge in [-0.25, -0.2) is 0 Å². The molecule has 0 aromatic heterocycles. The number of alkyl halides is 7. The molecule has 0 bridgehead atoms. The molecule has 0 rings (SSSR count). The van der Waals surface area contributed by atoms with Gasteiger partial charge >= 0.3 is 11.0 Å². The molecule has 0 aliphatic rings. The van der Waals surface area contributed by atoms with E-state index in [9.17, 15) is 26.3 Å². The Morgan fingerprint density at radius 1 is 0.810 bits per heavy atom. The summed E-state index contributed by atoms with van der Waals surface area (Å²) in [5.41, 5.74) is -8.64. The number of hydrogen-bond donors (Lipinski definition) is 0. The van der Waals surface area contributed by atoms with Crippen LogP contribution in [0, 0.1) is 0 Å². The quantitative estimate of drug-likeness (QED) is 0.348. The summed E-state index contributed by atoms with van der Waals surface area (Å²) < 4.78 is 72.0. The first-order valence-corrected chi connectivity index (χ1v) is 6.65. The van der Waals surface area contributed by atoms with Crippen LogP contribution in [-0.2, 0) is 7.92 Å². The van der Waals surface area contributed by atoms with Gasteiger partial charge in [-0.15, -0.1) is 11.6 Å². The fourth-order valence-electron chi connectivity index (χ4n) is 0.130. The highest BCUT2D eigenvalue weighted by atomic mass is 36.5. The summed E-state index contributed by atoms with van der Waals surface area (Å²) in [7, 11) is 9.19. The normalized spacial score (nSPS) is 8.57. The summed E-state index contributed by atoms with van der Waals surface area (Å²) in [5.74, 6) is 0. The topological polar surface area (TPSA) is 18.5 Å². The SMILES string of the molecule is C.CCl.COSC(F)(F)F.ClCl.FC(F)(F)SOCl.[F-].[F-]. The fourth-order valence-corrected chi connectivity index (χ4v) is 0.605. The zero-order chi connectivity index (χ0) is 15.8. The fraction of sp³-hybridized carbons (Fsp3) is 1.00. The van der Waals surface area contributed by atoms with Crippen LogP contribution in [0.25, 0.3) is 0 Å². The minimum atomic E-state index is -4.39. The molecule has 0 fully saturated rings. The van der Waals surface area contributed by atoms with Crippen LogP contribution in [-0.4, -0.2) is 24.5 Å². The maximum absolute atomic E-state index is 10.9. The Hall–Kier alpha value is 1.22. The van der Waals surface area contributed by atoms with E-state index in [1.54, 1.807) is 0 Å². The first-order valence-electron chi connectivity index (χ1n) is 2.96. The van der Waals surface area contributed by atoms with E-state index in [4.69, 9.17) is 0 Å². The maximum atomic E-state index is 10.9. The van der Waals surface area contributed by atoms with Gasteiger partial charge < -0.3 is 13.6 Å². The number of rotatable bonds is 2. The predicted octanol–water partition coefficient (Wildman–Crippen LogP) is 1.00. The molecule has 0 heterocycles. The molecule has 0 N–H and O–H groups in total. The van der Waals surface area contributed by atoms with Gasteiger partial charge in [0, 0.05) is 28.1 Å². The van der Waals surface area contributed by atoms with Gasteiger partial charge in [-0.2, -0.15) is 30.1 Å². The molecule has 0 amide bonds. The van der Waals surface area contributed by atoms with Crippen molar-refractivity contribution < 1.29 is 43.7 Å². The zero-order valence-corrected chi connectivity index (χ0v) is 13.8. The van der Waals surface area contributed by atoms with Crippen molar-refractivity contribution in [1.82, 2.24) is 0 Å². The summed E-state index contributed by atoms with van der Waals surface area (Å²) in [6.07, 6.45) is 1.47. The van der Waals surface area contributed by atoms with Crippen LogP contribution in [0.3, 0.4) is 0 Å². The second-order valence-corrected chi connectivity index (χ2v) is 3.38. The second kappa shape index (κ2) is 29.3. The molecular formula is C5H10Cl4F8O2S2-2. The molecule has 0 unspecified atom stereocenters. The van der Waals surface area contributed by atoms with Crippen LogP contribution in [0.4, 0.5) is 26.3 Å². The van der Waals surface area contributed by atoms with Gasteiger partial charge in [-0.3, -0.25) is 0 Å². The molecule has 0 aliphatic carbocycles. The van der Waals surface area contributed by atoms with Crippen LogP contribution >= 0.6 is 69.3 Å². The summed E-state index contributed by atoms with van der Waals surface area (Å²) >= 11 is 7.61. The average Bonchev–Trinajstić information content (AvgIpc) is 2.21.